The Morgan fingerprint density at radius 2 is 2.08 bits per heavy atom. The first-order valence-electron chi connectivity index (χ1n) is 7.54. The van der Waals surface area contributed by atoms with Gasteiger partial charge >= 0.3 is 0 Å². The van der Waals surface area contributed by atoms with Crippen molar-refractivity contribution in [3.8, 4) is 27.6 Å². The van der Waals surface area contributed by atoms with Gasteiger partial charge in [-0.05, 0) is 30.5 Å². The zero-order chi connectivity index (χ0) is 16.5. The number of imidazole rings is 1. The van der Waals surface area contributed by atoms with Crippen LogP contribution in [0.25, 0.3) is 26.8 Å². The van der Waals surface area contributed by atoms with Gasteiger partial charge in [-0.15, -0.1) is 22.7 Å². The molecule has 0 atom stereocenters. The summed E-state index contributed by atoms with van der Waals surface area (Å²) in [6.45, 7) is 2.51. The third-order valence-corrected chi connectivity index (χ3v) is 5.44. The summed E-state index contributed by atoms with van der Waals surface area (Å²) in [6.07, 6.45) is 0.877. The number of fused-ring (bicyclic) bond motifs is 1. The van der Waals surface area contributed by atoms with Crippen LogP contribution < -0.4 is 4.74 Å². The van der Waals surface area contributed by atoms with Crippen LogP contribution in [0.3, 0.4) is 0 Å². The highest BCUT2D eigenvalue weighted by Gasteiger charge is 2.20. The average molecular weight is 354 g/mol. The second-order valence-corrected chi connectivity index (χ2v) is 6.89. The van der Waals surface area contributed by atoms with Crippen molar-refractivity contribution >= 4 is 33.9 Å². The maximum Gasteiger partial charge on any atom is 0.195 e. The molecule has 3 heterocycles. The van der Waals surface area contributed by atoms with Crippen molar-refractivity contribution in [1.29, 1.82) is 0 Å². The molecule has 4 rings (SSSR count). The van der Waals surface area contributed by atoms with Gasteiger partial charge in [0, 0.05) is 10.9 Å². The van der Waals surface area contributed by atoms with Crippen molar-refractivity contribution in [2.75, 3.05) is 6.61 Å². The van der Waals surface area contributed by atoms with Crippen LogP contribution >= 0.6 is 22.7 Å². The van der Waals surface area contributed by atoms with Gasteiger partial charge < -0.3 is 4.74 Å². The van der Waals surface area contributed by atoms with E-state index in [1.807, 2.05) is 52.4 Å². The van der Waals surface area contributed by atoms with Crippen molar-refractivity contribution < 1.29 is 9.53 Å². The SMILES string of the molecule is CCOc1ccccc1-c1nc2scc(-c3cccs3)n2c1C=O. The zero-order valence-electron chi connectivity index (χ0n) is 12.9. The van der Waals surface area contributed by atoms with Crippen molar-refractivity contribution in [3.63, 3.8) is 0 Å². The summed E-state index contributed by atoms with van der Waals surface area (Å²) in [5, 5.41) is 4.07. The maximum absolute atomic E-state index is 11.9. The third-order valence-electron chi connectivity index (χ3n) is 3.73. The van der Waals surface area contributed by atoms with E-state index in [-0.39, 0.29) is 0 Å². The van der Waals surface area contributed by atoms with E-state index < -0.39 is 0 Å². The molecule has 0 spiro atoms. The quantitative estimate of drug-likeness (QED) is 0.474. The topological polar surface area (TPSA) is 43.6 Å². The molecule has 6 heteroatoms. The van der Waals surface area contributed by atoms with Gasteiger partial charge in [-0.1, -0.05) is 18.2 Å². The average Bonchev–Trinajstić information content (AvgIpc) is 3.31. The van der Waals surface area contributed by atoms with E-state index in [2.05, 4.69) is 6.07 Å². The number of thiophene rings is 1. The minimum atomic E-state index is 0.557. The van der Waals surface area contributed by atoms with E-state index in [9.17, 15) is 4.79 Å². The molecule has 0 aliphatic heterocycles. The van der Waals surface area contributed by atoms with Crippen molar-refractivity contribution in [3.05, 3.63) is 52.9 Å². The zero-order valence-corrected chi connectivity index (χ0v) is 14.6. The summed E-state index contributed by atoms with van der Waals surface area (Å²) >= 11 is 3.18. The lowest BCUT2D eigenvalue weighted by Gasteiger charge is -2.08. The normalized spacial score (nSPS) is 11.0. The fraction of sp³-hybridized carbons (Fsp3) is 0.111. The van der Waals surface area contributed by atoms with Crippen LogP contribution in [-0.4, -0.2) is 22.3 Å². The summed E-state index contributed by atoms with van der Waals surface area (Å²) in [4.78, 5) is 18.5. The van der Waals surface area contributed by atoms with E-state index in [0.717, 1.165) is 33.1 Å². The molecule has 0 N–H and O–H groups in total. The second kappa shape index (κ2) is 6.22. The number of hydrogen-bond donors (Lipinski definition) is 0. The molecule has 1 aromatic carbocycles. The minimum absolute atomic E-state index is 0.557. The van der Waals surface area contributed by atoms with E-state index >= 15 is 0 Å². The number of carbonyl (C=O) groups excluding carboxylic acids is 1. The number of benzene rings is 1. The van der Waals surface area contributed by atoms with Gasteiger partial charge in [0.2, 0.25) is 0 Å². The van der Waals surface area contributed by atoms with Crippen molar-refractivity contribution in [1.82, 2.24) is 9.38 Å². The number of aldehydes is 1. The van der Waals surface area contributed by atoms with Crippen LogP contribution in [0.5, 0.6) is 5.75 Å². The molecule has 0 radical (unpaired) electrons. The van der Waals surface area contributed by atoms with Gasteiger partial charge in [-0.25, -0.2) is 4.98 Å². The lowest BCUT2D eigenvalue weighted by Crippen LogP contribution is -1.97. The van der Waals surface area contributed by atoms with Crippen molar-refractivity contribution in [2.24, 2.45) is 0 Å². The molecule has 0 unspecified atom stereocenters. The standard InChI is InChI=1S/C18H14N2O2S2/c1-2-22-15-7-4-3-6-12(15)17-13(10-21)20-14(11-24-18(20)19-17)16-8-5-9-23-16/h3-11H,2H2,1H3. The summed E-state index contributed by atoms with van der Waals surface area (Å²) in [7, 11) is 0. The van der Waals surface area contributed by atoms with E-state index in [1.165, 1.54) is 11.3 Å². The Morgan fingerprint density at radius 3 is 2.83 bits per heavy atom. The number of nitrogens with zero attached hydrogens (tertiary/aromatic N) is 2. The molecule has 0 saturated heterocycles. The van der Waals surface area contributed by atoms with E-state index in [1.54, 1.807) is 11.3 Å². The molecule has 0 bridgehead atoms. The first kappa shape index (κ1) is 15.1. The highest BCUT2D eigenvalue weighted by molar-refractivity contribution is 7.17. The second-order valence-electron chi connectivity index (χ2n) is 5.11. The smallest absolute Gasteiger partial charge is 0.195 e. The predicted octanol–water partition coefficient (Wildman–Crippen LogP) is 5.00. The van der Waals surface area contributed by atoms with Gasteiger partial charge in [0.25, 0.3) is 0 Å². The van der Waals surface area contributed by atoms with Crippen LogP contribution in [-0.2, 0) is 0 Å². The number of para-hydroxylation sites is 1. The van der Waals surface area contributed by atoms with E-state index in [4.69, 9.17) is 9.72 Å². The largest absolute Gasteiger partial charge is 0.493 e. The van der Waals surface area contributed by atoms with Crippen LogP contribution in [0.2, 0.25) is 0 Å². The molecule has 24 heavy (non-hydrogen) atoms. The van der Waals surface area contributed by atoms with E-state index in [0.29, 0.717) is 18.0 Å². The molecule has 0 aliphatic carbocycles. The molecular weight excluding hydrogens is 340 g/mol. The number of hydrogen-bond acceptors (Lipinski definition) is 5. The number of thiazole rings is 1. The predicted molar refractivity (Wildman–Crippen MR) is 98.4 cm³/mol. The molecule has 0 aliphatic rings. The molecule has 3 aromatic heterocycles. The van der Waals surface area contributed by atoms with Gasteiger partial charge in [-0.2, -0.15) is 0 Å². The lowest BCUT2D eigenvalue weighted by atomic mass is 10.1. The van der Waals surface area contributed by atoms with Crippen LogP contribution in [0.15, 0.2) is 47.2 Å². The number of carbonyl (C=O) groups is 1. The molecular formula is C18H14N2O2S2. The van der Waals surface area contributed by atoms with Crippen LogP contribution in [0.1, 0.15) is 17.4 Å². The summed E-state index contributed by atoms with van der Waals surface area (Å²) < 4.78 is 7.64. The molecule has 0 fully saturated rings. The molecule has 120 valence electrons. The van der Waals surface area contributed by atoms with Gasteiger partial charge in [0.15, 0.2) is 11.2 Å². The van der Waals surface area contributed by atoms with Gasteiger partial charge in [0.1, 0.15) is 17.1 Å². The molecule has 0 saturated carbocycles. The minimum Gasteiger partial charge on any atom is -0.493 e. The Bertz CT molecular complexity index is 1000. The Morgan fingerprint density at radius 1 is 1.21 bits per heavy atom. The molecule has 4 aromatic rings. The van der Waals surface area contributed by atoms with Gasteiger partial charge in [-0.3, -0.25) is 9.20 Å². The number of rotatable bonds is 5. The first-order valence-corrected chi connectivity index (χ1v) is 9.30. The third kappa shape index (κ3) is 2.35. The summed E-state index contributed by atoms with van der Waals surface area (Å²) in [6, 6.07) is 11.8. The molecule has 0 amide bonds. The Balaban J connectivity index is 1.97. The fourth-order valence-electron chi connectivity index (χ4n) is 2.73. The monoisotopic (exact) mass is 354 g/mol. The summed E-state index contributed by atoms with van der Waals surface area (Å²) in [5.41, 5.74) is 3.06. The fourth-order valence-corrected chi connectivity index (χ4v) is 4.43. The van der Waals surface area contributed by atoms with Crippen LogP contribution in [0, 0.1) is 0 Å². The highest BCUT2D eigenvalue weighted by atomic mass is 32.1. The molecule has 4 nitrogen and oxygen atoms in total. The Kier molecular flexibility index (Phi) is 3.92. The summed E-state index contributed by atoms with van der Waals surface area (Å²) in [5.74, 6) is 0.742. The number of aromatic nitrogens is 2. The highest BCUT2D eigenvalue weighted by Crippen LogP contribution is 2.36. The van der Waals surface area contributed by atoms with Crippen molar-refractivity contribution in [2.45, 2.75) is 6.92 Å². The maximum atomic E-state index is 11.9. The van der Waals surface area contributed by atoms with Crippen LogP contribution in [0.4, 0.5) is 0 Å². The van der Waals surface area contributed by atoms with Gasteiger partial charge in [0.05, 0.1) is 17.2 Å². The number of ether oxygens (including phenoxy) is 1. The Hall–Kier alpha value is -2.44. The first-order chi connectivity index (χ1) is 11.8. The lowest BCUT2D eigenvalue weighted by molar-refractivity contribution is 0.111. The Labute approximate surface area is 147 Å².